The Morgan fingerprint density at radius 2 is 2.62 bits per heavy atom. The van der Waals surface area contributed by atoms with Crippen LogP contribution >= 0.6 is 23.1 Å². The van der Waals surface area contributed by atoms with Gasteiger partial charge in [0.2, 0.25) is 0 Å². The van der Waals surface area contributed by atoms with Crippen molar-refractivity contribution < 1.29 is 0 Å². The van der Waals surface area contributed by atoms with Crippen molar-refractivity contribution in [1.29, 1.82) is 0 Å². The fourth-order valence-electron chi connectivity index (χ4n) is 0.380. The molecule has 0 aromatic carbocycles. The number of rotatable bonds is 1. The fraction of sp³-hybridized carbons (Fsp3) is 0. The molecule has 0 amide bonds. The van der Waals surface area contributed by atoms with Crippen molar-refractivity contribution >= 4 is 23.1 Å². The molecule has 0 saturated heterocycles. The molecule has 0 nitrogen and oxygen atoms in total. The van der Waals surface area contributed by atoms with Gasteiger partial charge in [0, 0.05) is 0 Å². The van der Waals surface area contributed by atoms with Crippen LogP contribution in [0.5, 0.6) is 0 Å². The van der Waals surface area contributed by atoms with E-state index in [-0.39, 0.29) is 0 Å². The minimum Gasteiger partial charge on any atom is -0.136 e. The highest BCUT2D eigenvalue weighted by Gasteiger charge is 1.86. The van der Waals surface area contributed by atoms with E-state index >= 15 is 0 Å². The van der Waals surface area contributed by atoms with Crippen LogP contribution in [-0.2, 0) is 0 Å². The van der Waals surface area contributed by atoms with Crippen molar-refractivity contribution in [1.82, 2.24) is 0 Å². The van der Waals surface area contributed by atoms with Gasteiger partial charge in [0.1, 0.15) is 0 Å². The molecule has 2 heteroatoms. The van der Waals surface area contributed by atoms with Crippen molar-refractivity contribution in [3.8, 4) is 11.7 Å². The van der Waals surface area contributed by atoms with Crippen molar-refractivity contribution in [2.75, 3.05) is 0 Å². The Morgan fingerprint density at radius 3 is 3.12 bits per heavy atom. The van der Waals surface area contributed by atoms with E-state index in [1.807, 2.05) is 17.5 Å². The van der Waals surface area contributed by atoms with E-state index in [2.05, 4.69) is 5.25 Å². The molecule has 1 rings (SSSR count). The first kappa shape index (κ1) is 5.74. The van der Waals surface area contributed by atoms with Gasteiger partial charge in [-0.2, -0.15) is 0 Å². The quantitative estimate of drug-likeness (QED) is 0.426. The van der Waals surface area contributed by atoms with Gasteiger partial charge < -0.3 is 0 Å². The second-order valence-electron chi connectivity index (χ2n) is 1.15. The molecule has 0 aliphatic rings. The summed E-state index contributed by atoms with van der Waals surface area (Å²) < 4.78 is 1.19. The molecule has 40 valence electrons. The molecule has 0 unspecified atom stereocenters. The zero-order valence-electron chi connectivity index (χ0n) is 4.13. The molecule has 1 aromatic heterocycles. The molecule has 0 bridgehead atoms. The summed E-state index contributed by atoms with van der Waals surface area (Å²) in [4.78, 5) is 0. The summed E-state index contributed by atoms with van der Waals surface area (Å²) >= 11 is 3.10. The van der Waals surface area contributed by atoms with Crippen LogP contribution in [0.25, 0.3) is 0 Å². The maximum absolute atomic E-state index is 5.04. The lowest BCUT2D eigenvalue weighted by atomic mass is 10.7. The number of terminal acetylenes is 1. The SMILES string of the molecule is C#CSc1cccs1. The van der Waals surface area contributed by atoms with Crippen LogP contribution in [0.1, 0.15) is 0 Å². The standard InChI is InChI=1S/C6H4S2/c1-2-7-6-4-3-5-8-6/h1,3-5H. The summed E-state index contributed by atoms with van der Waals surface area (Å²) in [6.07, 6.45) is 5.04. The molecule has 0 fully saturated rings. The van der Waals surface area contributed by atoms with Gasteiger partial charge in [-0.1, -0.05) is 6.07 Å². The average Bonchev–Trinajstić information content (AvgIpc) is 2.19. The molecular formula is C6H4S2. The summed E-state index contributed by atoms with van der Waals surface area (Å²) in [6.45, 7) is 0. The van der Waals surface area contributed by atoms with E-state index in [0.717, 1.165) is 0 Å². The first-order valence-corrected chi connectivity index (χ1v) is 3.79. The highest BCUT2D eigenvalue weighted by Crippen LogP contribution is 2.21. The van der Waals surface area contributed by atoms with Crippen LogP contribution in [0, 0.1) is 11.7 Å². The number of thiophene rings is 1. The van der Waals surface area contributed by atoms with E-state index in [1.165, 1.54) is 16.0 Å². The van der Waals surface area contributed by atoms with Gasteiger partial charge in [0.25, 0.3) is 0 Å². The highest BCUT2D eigenvalue weighted by molar-refractivity contribution is 8.05. The van der Waals surface area contributed by atoms with Gasteiger partial charge in [-0.3, -0.25) is 0 Å². The minimum atomic E-state index is 1.19. The third kappa shape index (κ3) is 1.29. The Morgan fingerprint density at radius 1 is 1.75 bits per heavy atom. The van der Waals surface area contributed by atoms with E-state index < -0.39 is 0 Å². The lowest BCUT2D eigenvalue weighted by molar-refractivity contribution is 1.76. The Bertz CT molecular complexity index is 181. The summed E-state index contributed by atoms with van der Waals surface area (Å²) in [5.41, 5.74) is 0. The van der Waals surface area contributed by atoms with Crippen molar-refractivity contribution in [3.63, 3.8) is 0 Å². The lowest BCUT2D eigenvalue weighted by Crippen LogP contribution is -1.46. The van der Waals surface area contributed by atoms with Crippen LogP contribution in [0.2, 0.25) is 0 Å². The zero-order valence-corrected chi connectivity index (χ0v) is 5.76. The topological polar surface area (TPSA) is 0 Å². The second kappa shape index (κ2) is 2.81. The normalized spacial score (nSPS) is 8.38. The number of thioether (sulfide) groups is 1. The average molecular weight is 140 g/mol. The van der Waals surface area contributed by atoms with Gasteiger partial charge >= 0.3 is 0 Å². The molecule has 0 radical (unpaired) electrons. The first-order chi connectivity index (χ1) is 3.93. The van der Waals surface area contributed by atoms with Crippen LogP contribution in [0.4, 0.5) is 0 Å². The number of hydrogen-bond acceptors (Lipinski definition) is 2. The predicted molar refractivity (Wildman–Crippen MR) is 39.0 cm³/mol. The van der Waals surface area contributed by atoms with Crippen LogP contribution in [0.15, 0.2) is 21.7 Å². The third-order valence-corrected chi connectivity index (χ3v) is 2.31. The molecular weight excluding hydrogens is 136 g/mol. The van der Waals surface area contributed by atoms with E-state index in [0.29, 0.717) is 0 Å². The minimum absolute atomic E-state index is 1.19. The van der Waals surface area contributed by atoms with E-state index in [1.54, 1.807) is 11.3 Å². The monoisotopic (exact) mass is 140 g/mol. The van der Waals surface area contributed by atoms with Crippen molar-refractivity contribution in [3.05, 3.63) is 17.5 Å². The van der Waals surface area contributed by atoms with Crippen LogP contribution in [-0.4, -0.2) is 0 Å². The summed E-state index contributed by atoms with van der Waals surface area (Å²) in [5, 5.41) is 4.51. The maximum atomic E-state index is 5.04. The fourth-order valence-corrected chi connectivity index (χ4v) is 1.59. The maximum Gasteiger partial charge on any atom is 0.0726 e. The van der Waals surface area contributed by atoms with Gasteiger partial charge in [-0.15, -0.1) is 17.8 Å². The first-order valence-electron chi connectivity index (χ1n) is 2.09. The molecule has 0 atom stereocenters. The molecule has 0 aliphatic carbocycles. The highest BCUT2D eigenvalue weighted by atomic mass is 32.2. The van der Waals surface area contributed by atoms with Gasteiger partial charge in [0.05, 0.1) is 4.21 Å². The smallest absolute Gasteiger partial charge is 0.0726 e. The summed E-state index contributed by atoms with van der Waals surface area (Å²) in [5.74, 6) is 0. The second-order valence-corrected chi connectivity index (χ2v) is 3.24. The van der Waals surface area contributed by atoms with Gasteiger partial charge in [0.15, 0.2) is 0 Å². The molecule has 8 heavy (non-hydrogen) atoms. The molecule has 1 aromatic rings. The van der Waals surface area contributed by atoms with Crippen LogP contribution < -0.4 is 0 Å². The van der Waals surface area contributed by atoms with Gasteiger partial charge in [-0.25, -0.2) is 0 Å². The summed E-state index contributed by atoms with van der Waals surface area (Å²) in [7, 11) is 0. The van der Waals surface area contributed by atoms with E-state index in [4.69, 9.17) is 6.42 Å². The van der Waals surface area contributed by atoms with Crippen molar-refractivity contribution in [2.45, 2.75) is 4.21 Å². The Balaban J connectivity index is 2.67. The lowest BCUT2D eigenvalue weighted by Gasteiger charge is -1.77. The predicted octanol–water partition coefficient (Wildman–Crippen LogP) is 2.43. The molecule has 0 saturated carbocycles. The third-order valence-electron chi connectivity index (χ3n) is 0.655. The Labute approximate surface area is 56.9 Å². The molecule has 0 aliphatic heterocycles. The van der Waals surface area contributed by atoms with Crippen molar-refractivity contribution in [2.24, 2.45) is 0 Å². The Hall–Kier alpha value is -0.390. The Kier molecular flexibility index (Phi) is 2.01. The zero-order chi connectivity index (χ0) is 5.82. The van der Waals surface area contributed by atoms with Crippen LogP contribution in [0.3, 0.4) is 0 Å². The number of hydrogen-bond donors (Lipinski definition) is 0. The summed E-state index contributed by atoms with van der Waals surface area (Å²) in [6, 6.07) is 4.00. The molecule has 1 heterocycles. The largest absolute Gasteiger partial charge is 0.136 e. The van der Waals surface area contributed by atoms with E-state index in [9.17, 15) is 0 Å². The van der Waals surface area contributed by atoms with Gasteiger partial charge in [-0.05, 0) is 28.5 Å². The molecule has 0 spiro atoms. The molecule has 0 N–H and O–H groups in total.